The van der Waals surface area contributed by atoms with E-state index in [2.05, 4.69) is 14.9 Å². The Kier molecular flexibility index (Phi) is 7.00. The average molecular weight is 508 g/mol. The number of pyridine rings is 1. The van der Waals surface area contributed by atoms with Gasteiger partial charge in [-0.05, 0) is 42.8 Å². The zero-order valence-electron chi connectivity index (χ0n) is 20.3. The summed E-state index contributed by atoms with van der Waals surface area (Å²) in [6.45, 7) is 2.22. The number of hydrogen-bond acceptors (Lipinski definition) is 6. The standard InChI is InChI=1S/C27H27F2N5O3/c1-18-31-22-8-6-19(14-23(22)34(18)16-21-4-2-3-5-24(21)37-27(28)29)20-7-9-25(30-15-20)33-12-10-32(11-13-33)17-26(35)36/h2-9,14-15,27H,10-13,16-17H2,1H3,(H,35,36). The molecule has 0 radical (unpaired) electrons. The largest absolute Gasteiger partial charge is 0.480 e. The molecule has 0 spiro atoms. The molecule has 10 heteroatoms. The number of ether oxygens (including phenoxy) is 1. The van der Waals surface area contributed by atoms with E-state index in [0.29, 0.717) is 25.2 Å². The average Bonchev–Trinajstić information content (AvgIpc) is 3.19. The van der Waals surface area contributed by atoms with E-state index >= 15 is 0 Å². The Hall–Kier alpha value is -4.05. The number of hydrogen-bond donors (Lipinski definition) is 1. The third kappa shape index (κ3) is 5.54. The number of aryl methyl sites for hydroxylation is 1. The number of fused-ring (bicyclic) bond motifs is 1. The second-order valence-corrected chi connectivity index (χ2v) is 9.00. The molecule has 0 amide bonds. The molecule has 8 nitrogen and oxygen atoms in total. The fourth-order valence-corrected chi connectivity index (χ4v) is 4.71. The molecule has 0 aliphatic carbocycles. The molecular weight excluding hydrogens is 480 g/mol. The van der Waals surface area contributed by atoms with Gasteiger partial charge in [-0.1, -0.05) is 24.3 Å². The van der Waals surface area contributed by atoms with E-state index in [4.69, 9.17) is 9.84 Å². The Labute approximate surface area is 212 Å². The van der Waals surface area contributed by atoms with E-state index in [9.17, 15) is 13.6 Å². The van der Waals surface area contributed by atoms with Crippen LogP contribution in [0.3, 0.4) is 0 Å². The first-order valence-electron chi connectivity index (χ1n) is 12.0. The fraction of sp³-hybridized carbons (Fsp3) is 0.296. The van der Waals surface area contributed by atoms with E-state index < -0.39 is 12.6 Å². The van der Waals surface area contributed by atoms with Crippen LogP contribution < -0.4 is 9.64 Å². The lowest BCUT2D eigenvalue weighted by molar-refractivity contribution is -0.138. The smallest absolute Gasteiger partial charge is 0.387 e. The molecule has 1 fully saturated rings. The first kappa shape index (κ1) is 24.6. The van der Waals surface area contributed by atoms with Gasteiger partial charge in [-0.2, -0.15) is 8.78 Å². The van der Waals surface area contributed by atoms with Crippen LogP contribution in [0.1, 0.15) is 11.4 Å². The van der Waals surface area contributed by atoms with Gasteiger partial charge < -0.3 is 19.3 Å². The Balaban J connectivity index is 1.36. The third-order valence-electron chi connectivity index (χ3n) is 6.59. The number of rotatable bonds is 8. The molecule has 1 aliphatic rings. The van der Waals surface area contributed by atoms with Crippen LogP contribution in [0.25, 0.3) is 22.2 Å². The summed E-state index contributed by atoms with van der Waals surface area (Å²) in [6, 6.07) is 16.8. The molecule has 0 atom stereocenters. The number of carboxylic acid groups (broad SMARTS) is 1. The second-order valence-electron chi connectivity index (χ2n) is 9.00. The van der Waals surface area contributed by atoms with Gasteiger partial charge in [-0.15, -0.1) is 0 Å². The number of nitrogens with zero attached hydrogens (tertiary/aromatic N) is 5. The summed E-state index contributed by atoms with van der Waals surface area (Å²) >= 11 is 0. The number of carboxylic acids is 1. The molecule has 2 aromatic carbocycles. The lowest BCUT2D eigenvalue weighted by Gasteiger charge is -2.34. The Morgan fingerprint density at radius 1 is 1.05 bits per heavy atom. The zero-order valence-corrected chi connectivity index (χ0v) is 20.3. The molecule has 1 aliphatic heterocycles. The number of carbonyl (C=O) groups is 1. The minimum Gasteiger partial charge on any atom is -0.480 e. The maximum Gasteiger partial charge on any atom is 0.387 e. The monoisotopic (exact) mass is 507 g/mol. The summed E-state index contributed by atoms with van der Waals surface area (Å²) in [5.74, 6) is 0.972. The van der Waals surface area contributed by atoms with Crippen molar-refractivity contribution < 1.29 is 23.4 Å². The molecule has 1 N–H and O–H groups in total. The van der Waals surface area contributed by atoms with Crippen molar-refractivity contribution in [3.05, 3.63) is 72.2 Å². The van der Waals surface area contributed by atoms with Crippen LogP contribution in [0.2, 0.25) is 0 Å². The quantitative estimate of drug-likeness (QED) is 0.382. The third-order valence-corrected chi connectivity index (χ3v) is 6.59. The lowest BCUT2D eigenvalue weighted by Crippen LogP contribution is -2.48. The van der Waals surface area contributed by atoms with Crippen molar-refractivity contribution in [2.45, 2.75) is 20.1 Å². The molecule has 1 saturated heterocycles. The maximum atomic E-state index is 12.9. The molecule has 3 heterocycles. The number of halogens is 2. The number of imidazole rings is 1. The summed E-state index contributed by atoms with van der Waals surface area (Å²) in [5.41, 5.74) is 4.26. The van der Waals surface area contributed by atoms with Gasteiger partial charge in [0.05, 0.1) is 24.1 Å². The van der Waals surface area contributed by atoms with Crippen molar-refractivity contribution in [1.29, 1.82) is 0 Å². The van der Waals surface area contributed by atoms with E-state index in [1.165, 1.54) is 0 Å². The van der Waals surface area contributed by atoms with Crippen molar-refractivity contribution in [3.8, 4) is 16.9 Å². The van der Waals surface area contributed by atoms with Crippen LogP contribution in [-0.2, 0) is 11.3 Å². The number of alkyl halides is 2. The predicted octanol–water partition coefficient (Wildman–Crippen LogP) is 4.26. The molecule has 0 saturated carbocycles. The highest BCUT2D eigenvalue weighted by Gasteiger charge is 2.20. The van der Waals surface area contributed by atoms with Gasteiger partial charge in [0.25, 0.3) is 0 Å². The van der Waals surface area contributed by atoms with Gasteiger partial charge in [-0.25, -0.2) is 9.97 Å². The number of para-hydroxylation sites is 1. The van der Waals surface area contributed by atoms with Crippen molar-refractivity contribution in [1.82, 2.24) is 19.4 Å². The molecule has 5 rings (SSSR count). The summed E-state index contributed by atoms with van der Waals surface area (Å²) in [7, 11) is 0. The zero-order chi connectivity index (χ0) is 25.9. The minimum absolute atomic E-state index is 0.0591. The summed E-state index contributed by atoms with van der Waals surface area (Å²) < 4.78 is 32.5. The van der Waals surface area contributed by atoms with Crippen molar-refractivity contribution in [2.75, 3.05) is 37.6 Å². The van der Waals surface area contributed by atoms with Gasteiger partial charge in [-0.3, -0.25) is 9.69 Å². The summed E-state index contributed by atoms with van der Waals surface area (Å²) in [6.07, 6.45) is 1.83. The number of aromatic nitrogens is 3. The molecular formula is C27H27F2N5O3. The van der Waals surface area contributed by atoms with Crippen LogP contribution in [-0.4, -0.2) is 69.8 Å². The first-order valence-corrected chi connectivity index (χ1v) is 12.0. The Bertz CT molecular complexity index is 1400. The van der Waals surface area contributed by atoms with Crippen LogP contribution in [0.15, 0.2) is 60.8 Å². The van der Waals surface area contributed by atoms with Crippen LogP contribution in [0, 0.1) is 6.92 Å². The van der Waals surface area contributed by atoms with Crippen LogP contribution >= 0.6 is 0 Å². The number of anilines is 1. The normalized spacial score (nSPS) is 14.4. The first-order chi connectivity index (χ1) is 17.9. The van der Waals surface area contributed by atoms with E-state index in [1.807, 2.05) is 52.9 Å². The number of piperazine rings is 1. The second kappa shape index (κ2) is 10.5. The van der Waals surface area contributed by atoms with Gasteiger partial charge in [0, 0.05) is 43.5 Å². The fourth-order valence-electron chi connectivity index (χ4n) is 4.71. The minimum atomic E-state index is -2.89. The van der Waals surface area contributed by atoms with E-state index in [0.717, 1.165) is 46.9 Å². The van der Waals surface area contributed by atoms with Crippen molar-refractivity contribution in [2.24, 2.45) is 0 Å². The van der Waals surface area contributed by atoms with Gasteiger partial charge in [0.15, 0.2) is 0 Å². The summed E-state index contributed by atoms with van der Waals surface area (Å²) in [5, 5.41) is 8.98. The molecule has 192 valence electrons. The Morgan fingerprint density at radius 2 is 1.81 bits per heavy atom. The van der Waals surface area contributed by atoms with Crippen molar-refractivity contribution >= 4 is 22.8 Å². The molecule has 4 aromatic rings. The maximum absolute atomic E-state index is 12.9. The molecule has 0 unspecified atom stereocenters. The van der Waals surface area contributed by atoms with Crippen LogP contribution in [0.5, 0.6) is 5.75 Å². The molecule has 2 aromatic heterocycles. The SMILES string of the molecule is Cc1nc2ccc(-c3ccc(N4CCN(CC(=O)O)CC4)nc3)cc2n1Cc1ccccc1OC(F)F. The van der Waals surface area contributed by atoms with Gasteiger partial charge in [0.1, 0.15) is 17.4 Å². The van der Waals surface area contributed by atoms with Crippen LogP contribution in [0.4, 0.5) is 14.6 Å². The van der Waals surface area contributed by atoms with Gasteiger partial charge >= 0.3 is 12.6 Å². The topological polar surface area (TPSA) is 83.7 Å². The highest BCUT2D eigenvalue weighted by molar-refractivity contribution is 5.83. The lowest BCUT2D eigenvalue weighted by atomic mass is 10.1. The van der Waals surface area contributed by atoms with E-state index in [1.54, 1.807) is 24.3 Å². The highest BCUT2D eigenvalue weighted by atomic mass is 19.3. The van der Waals surface area contributed by atoms with Crippen molar-refractivity contribution in [3.63, 3.8) is 0 Å². The predicted molar refractivity (Wildman–Crippen MR) is 136 cm³/mol. The number of benzene rings is 2. The highest BCUT2D eigenvalue weighted by Crippen LogP contribution is 2.28. The molecule has 0 bridgehead atoms. The van der Waals surface area contributed by atoms with E-state index in [-0.39, 0.29) is 12.3 Å². The Morgan fingerprint density at radius 3 is 2.51 bits per heavy atom. The summed E-state index contributed by atoms with van der Waals surface area (Å²) in [4.78, 5) is 24.3. The molecule has 37 heavy (non-hydrogen) atoms. The number of aliphatic carboxylic acids is 1. The van der Waals surface area contributed by atoms with Gasteiger partial charge in [0.2, 0.25) is 0 Å².